The number of rotatable bonds is 5. The predicted molar refractivity (Wildman–Crippen MR) is 86.3 cm³/mol. The third kappa shape index (κ3) is 3.40. The minimum absolute atomic E-state index is 0.345. The zero-order valence-corrected chi connectivity index (χ0v) is 12.4. The summed E-state index contributed by atoms with van der Waals surface area (Å²) in [4.78, 5) is 0. The van der Waals surface area contributed by atoms with Crippen LogP contribution in [-0.2, 0) is 16.6 Å². The first kappa shape index (κ1) is 14.0. The number of para-hydroxylation sites is 1. The van der Waals surface area contributed by atoms with Gasteiger partial charge in [-0.05, 0) is 17.7 Å². The first-order chi connectivity index (χ1) is 10.2. The van der Waals surface area contributed by atoms with Crippen molar-refractivity contribution in [1.82, 2.24) is 0 Å². The van der Waals surface area contributed by atoms with E-state index in [0.29, 0.717) is 17.3 Å². The fraction of sp³-hybridized carbons (Fsp3) is 0.176. The highest BCUT2D eigenvalue weighted by atomic mass is 32.2. The third-order valence-corrected chi connectivity index (χ3v) is 4.73. The van der Waals surface area contributed by atoms with Crippen LogP contribution in [0.25, 0.3) is 11.0 Å². The molecule has 1 heterocycles. The monoisotopic (exact) mass is 299 g/mol. The maximum atomic E-state index is 12.2. The molecule has 0 radical (unpaired) electrons. The molecule has 21 heavy (non-hydrogen) atoms. The summed E-state index contributed by atoms with van der Waals surface area (Å²) in [6.07, 6.45) is 0. The molecule has 0 amide bonds. The van der Waals surface area contributed by atoms with Crippen LogP contribution in [0.2, 0.25) is 0 Å². The molecule has 0 bridgehead atoms. The Morgan fingerprint density at radius 3 is 2.52 bits per heavy atom. The van der Waals surface area contributed by atoms with Gasteiger partial charge in [-0.3, -0.25) is 4.21 Å². The highest BCUT2D eigenvalue weighted by molar-refractivity contribution is 7.84. The van der Waals surface area contributed by atoms with Gasteiger partial charge in [0.25, 0.3) is 0 Å². The molecule has 4 heteroatoms. The molecule has 0 aliphatic rings. The Morgan fingerprint density at radius 1 is 1.05 bits per heavy atom. The molecule has 0 aliphatic carbocycles. The van der Waals surface area contributed by atoms with Crippen molar-refractivity contribution in [2.45, 2.75) is 11.8 Å². The minimum Gasteiger partial charge on any atom is -0.459 e. The molecule has 108 valence electrons. The van der Waals surface area contributed by atoms with Gasteiger partial charge in [0.2, 0.25) is 0 Å². The van der Waals surface area contributed by atoms with Crippen LogP contribution < -0.4 is 5.73 Å². The summed E-state index contributed by atoms with van der Waals surface area (Å²) in [5.41, 5.74) is 8.01. The van der Waals surface area contributed by atoms with Crippen LogP contribution in [0, 0.1) is 0 Å². The van der Waals surface area contributed by atoms with E-state index in [0.717, 1.165) is 16.5 Å². The van der Waals surface area contributed by atoms with Gasteiger partial charge in [0, 0.05) is 27.7 Å². The minimum atomic E-state index is -1.01. The molecule has 2 unspecified atom stereocenters. The van der Waals surface area contributed by atoms with Crippen LogP contribution in [0.3, 0.4) is 0 Å². The van der Waals surface area contributed by atoms with Crippen LogP contribution in [0.5, 0.6) is 0 Å². The van der Waals surface area contributed by atoms with Gasteiger partial charge in [-0.2, -0.15) is 0 Å². The van der Waals surface area contributed by atoms with E-state index in [1.54, 1.807) is 0 Å². The first-order valence-electron chi connectivity index (χ1n) is 6.85. The molecular formula is C17H17NO2S. The van der Waals surface area contributed by atoms with Gasteiger partial charge >= 0.3 is 0 Å². The Morgan fingerprint density at radius 2 is 1.76 bits per heavy atom. The lowest BCUT2D eigenvalue weighted by Gasteiger charge is -2.08. The summed E-state index contributed by atoms with van der Waals surface area (Å²) in [5, 5.41) is 1.02. The topological polar surface area (TPSA) is 56.2 Å². The van der Waals surface area contributed by atoms with Crippen molar-refractivity contribution in [1.29, 1.82) is 0 Å². The summed E-state index contributed by atoms with van der Waals surface area (Å²) < 4.78 is 17.9. The molecule has 1 aromatic heterocycles. The zero-order chi connectivity index (χ0) is 14.7. The van der Waals surface area contributed by atoms with E-state index in [4.69, 9.17) is 10.2 Å². The second-order valence-corrected chi connectivity index (χ2v) is 6.53. The van der Waals surface area contributed by atoms with E-state index in [-0.39, 0.29) is 6.04 Å². The molecule has 3 nitrogen and oxygen atoms in total. The molecule has 0 aliphatic heterocycles. The van der Waals surface area contributed by atoms with E-state index in [1.165, 1.54) is 0 Å². The lowest BCUT2D eigenvalue weighted by molar-refractivity contribution is 0.513. The van der Waals surface area contributed by atoms with Crippen molar-refractivity contribution < 1.29 is 8.63 Å². The molecule has 0 fully saturated rings. The SMILES string of the molecule is NC(CS(=O)Cc1ccccc1)c1cc2ccccc2o1. The summed E-state index contributed by atoms with van der Waals surface area (Å²) in [6.45, 7) is 0. The van der Waals surface area contributed by atoms with Gasteiger partial charge in [-0.25, -0.2) is 0 Å². The van der Waals surface area contributed by atoms with Gasteiger partial charge in [-0.1, -0.05) is 48.5 Å². The Labute approximate surface area is 126 Å². The zero-order valence-electron chi connectivity index (χ0n) is 11.6. The number of furan rings is 1. The molecule has 2 N–H and O–H groups in total. The molecule has 2 aromatic carbocycles. The van der Waals surface area contributed by atoms with Crippen LogP contribution >= 0.6 is 0 Å². The first-order valence-corrected chi connectivity index (χ1v) is 8.34. The summed E-state index contributed by atoms with van der Waals surface area (Å²) in [7, 11) is -1.01. The number of fused-ring (bicyclic) bond motifs is 1. The van der Waals surface area contributed by atoms with Gasteiger partial charge in [0.15, 0.2) is 0 Å². The Balaban J connectivity index is 1.68. The maximum absolute atomic E-state index is 12.2. The average molecular weight is 299 g/mol. The van der Waals surface area contributed by atoms with Crippen LogP contribution in [0.15, 0.2) is 65.1 Å². The Hall–Kier alpha value is -1.91. The fourth-order valence-electron chi connectivity index (χ4n) is 2.29. The van der Waals surface area contributed by atoms with Crippen LogP contribution in [-0.4, -0.2) is 9.96 Å². The molecule has 2 atom stereocenters. The molecule has 0 saturated carbocycles. The molecule has 0 saturated heterocycles. The Kier molecular flexibility index (Phi) is 4.18. The van der Waals surface area contributed by atoms with Gasteiger partial charge < -0.3 is 10.2 Å². The normalized spacial score (nSPS) is 14.1. The third-order valence-electron chi connectivity index (χ3n) is 3.35. The number of hydrogen-bond acceptors (Lipinski definition) is 3. The second kappa shape index (κ2) is 6.24. The van der Waals surface area contributed by atoms with Crippen LogP contribution in [0.1, 0.15) is 17.4 Å². The van der Waals surface area contributed by atoms with Crippen LogP contribution in [0.4, 0.5) is 0 Å². The van der Waals surface area contributed by atoms with Crippen molar-refractivity contribution in [3.8, 4) is 0 Å². The van der Waals surface area contributed by atoms with Crippen molar-refractivity contribution in [3.05, 3.63) is 72.0 Å². The van der Waals surface area contributed by atoms with E-state index in [1.807, 2.05) is 60.7 Å². The van der Waals surface area contributed by atoms with Gasteiger partial charge in [0.05, 0.1) is 6.04 Å². The number of nitrogens with two attached hydrogens (primary N) is 1. The van der Waals surface area contributed by atoms with Crippen molar-refractivity contribution in [2.24, 2.45) is 5.73 Å². The van der Waals surface area contributed by atoms with Crippen molar-refractivity contribution >= 4 is 21.8 Å². The highest BCUT2D eigenvalue weighted by Gasteiger charge is 2.15. The molecule has 0 spiro atoms. The van der Waals surface area contributed by atoms with Gasteiger partial charge in [-0.15, -0.1) is 0 Å². The summed E-state index contributed by atoms with van der Waals surface area (Å²) in [5.74, 6) is 1.61. The molecular weight excluding hydrogens is 282 g/mol. The molecule has 3 rings (SSSR count). The maximum Gasteiger partial charge on any atom is 0.134 e. The number of hydrogen-bond donors (Lipinski definition) is 1. The quantitative estimate of drug-likeness (QED) is 0.785. The van der Waals surface area contributed by atoms with Gasteiger partial charge in [0.1, 0.15) is 11.3 Å². The summed E-state index contributed by atoms with van der Waals surface area (Å²) in [6, 6.07) is 19.2. The van der Waals surface area contributed by atoms with E-state index >= 15 is 0 Å². The largest absolute Gasteiger partial charge is 0.459 e. The lowest BCUT2D eigenvalue weighted by Crippen LogP contribution is -2.18. The van der Waals surface area contributed by atoms with E-state index in [9.17, 15) is 4.21 Å². The standard InChI is InChI=1S/C17H17NO2S/c18-15(12-21(19)11-13-6-2-1-3-7-13)17-10-14-8-4-5-9-16(14)20-17/h1-10,15H,11-12,18H2. The van der Waals surface area contributed by atoms with Crippen molar-refractivity contribution in [2.75, 3.05) is 5.75 Å². The smallest absolute Gasteiger partial charge is 0.134 e. The second-order valence-electron chi connectivity index (χ2n) is 5.03. The lowest BCUT2D eigenvalue weighted by atomic mass is 10.2. The Bertz CT molecular complexity index is 719. The summed E-state index contributed by atoms with van der Waals surface area (Å²) >= 11 is 0. The number of benzene rings is 2. The van der Waals surface area contributed by atoms with E-state index < -0.39 is 10.8 Å². The highest BCUT2D eigenvalue weighted by Crippen LogP contribution is 2.23. The van der Waals surface area contributed by atoms with E-state index in [2.05, 4.69) is 0 Å². The average Bonchev–Trinajstić information content (AvgIpc) is 2.92. The van der Waals surface area contributed by atoms with Crippen molar-refractivity contribution in [3.63, 3.8) is 0 Å². The fourth-order valence-corrected chi connectivity index (χ4v) is 3.53. The molecule has 3 aromatic rings. The predicted octanol–water partition coefficient (Wildman–Crippen LogP) is 3.38.